The summed E-state index contributed by atoms with van der Waals surface area (Å²) in [6, 6.07) is -0.383. The number of carbonyl (C=O) groups excluding carboxylic acids is 1. The summed E-state index contributed by atoms with van der Waals surface area (Å²) in [4.78, 5) is 25.2. The number of carboxylic acids is 1. The van der Waals surface area contributed by atoms with Gasteiger partial charge in [-0.05, 0) is 25.4 Å². The molecule has 0 spiro atoms. The third-order valence-corrected chi connectivity index (χ3v) is 5.64. The molecule has 0 saturated carbocycles. The van der Waals surface area contributed by atoms with E-state index >= 15 is 0 Å². The number of hydrogen-bond donors (Lipinski definition) is 3. The fourth-order valence-corrected chi connectivity index (χ4v) is 4.59. The molecule has 0 aromatic carbocycles. The molecule has 6 nitrogen and oxygen atoms in total. The van der Waals surface area contributed by atoms with Crippen LogP contribution in [0.4, 0.5) is 0 Å². The molecule has 1 saturated heterocycles. The maximum Gasteiger partial charge on any atom is 0.353 e. The van der Waals surface area contributed by atoms with Gasteiger partial charge < -0.3 is 15.9 Å². The van der Waals surface area contributed by atoms with Crippen LogP contribution in [-0.4, -0.2) is 56.5 Å². The first-order valence-electron chi connectivity index (χ1n) is 6.30. The lowest BCUT2D eigenvalue weighted by Gasteiger charge is -2.43. The number of carbonyl (C=O) groups is 2. The number of carboxylic acid groups (broad SMARTS) is 1. The van der Waals surface area contributed by atoms with E-state index in [9.17, 15) is 19.8 Å². The number of aliphatic carboxylic acids is 1. The Morgan fingerprint density at radius 1 is 1.60 bits per heavy atom. The van der Waals surface area contributed by atoms with Gasteiger partial charge in [0, 0.05) is 10.9 Å². The largest absolute Gasteiger partial charge is 0.477 e. The molecule has 1 unspecified atom stereocenters. The second kappa shape index (κ2) is 5.97. The number of amides is 1. The van der Waals surface area contributed by atoms with E-state index in [1.54, 1.807) is 18.7 Å². The predicted octanol–water partition coefficient (Wildman–Crippen LogP) is 0.275. The first kappa shape index (κ1) is 15.7. The second-order valence-corrected chi connectivity index (χ2v) is 7.03. The molecule has 4 N–H and O–H groups in total. The number of nitrogens with two attached hydrogens (primary N) is 1. The summed E-state index contributed by atoms with van der Waals surface area (Å²) in [7, 11) is 0. The van der Waals surface area contributed by atoms with Crippen molar-refractivity contribution in [3.05, 3.63) is 10.6 Å². The summed E-state index contributed by atoms with van der Waals surface area (Å²) in [6.07, 6.45) is 1.84. The topological polar surface area (TPSA) is 104 Å². The van der Waals surface area contributed by atoms with Crippen LogP contribution < -0.4 is 5.73 Å². The molecule has 0 radical (unpaired) electrons. The van der Waals surface area contributed by atoms with Crippen molar-refractivity contribution in [1.82, 2.24) is 4.90 Å². The zero-order valence-electron chi connectivity index (χ0n) is 11.3. The fraction of sp³-hybridized carbons (Fsp3) is 0.667. The first-order valence-corrected chi connectivity index (χ1v) is 8.57. The van der Waals surface area contributed by atoms with Crippen molar-refractivity contribution in [2.45, 2.75) is 30.9 Å². The maximum atomic E-state index is 12.0. The van der Waals surface area contributed by atoms with Crippen molar-refractivity contribution in [2.24, 2.45) is 11.7 Å². The Morgan fingerprint density at radius 3 is 2.75 bits per heavy atom. The molecule has 2 rings (SSSR count). The van der Waals surface area contributed by atoms with Crippen LogP contribution in [0.1, 0.15) is 13.3 Å². The Bertz CT molecular complexity index is 466. The number of β-lactam (4-membered cyclic amide) rings is 1. The molecular weight excluding hydrogens is 300 g/mol. The standard InChI is InChI=1S/C12H18N2O4S2/c1-5(15)7-10(16)14-8(12(17)18)9(20-11(7)14)6(13)3-4-19-2/h5-7,11,15H,3-4,13H2,1-2H3,(H,17,18)/t5?,6-,7+,11-/m1/s1. The number of fused-ring (bicyclic) bond motifs is 1. The third kappa shape index (κ3) is 2.45. The maximum absolute atomic E-state index is 12.0. The van der Waals surface area contributed by atoms with Gasteiger partial charge >= 0.3 is 5.97 Å². The summed E-state index contributed by atoms with van der Waals surface area (Å²) >= 11 is 2.95. The summed E-state index contributed by atoms with van der Waals surface area (Å²) in [5.41, 5.74) is 6.05. The minimum absolute atomic E-state index is 0.00416. The van der Waals surface area contributed by atoms with Gasteiger partial charge in [0.25, 0.3) is 0 Å². The van der Waals surface area contributed by atoms with Gasteiger partial charge in [-0.15, -0.1) is 0 Å². The predicted molar refractivity (Wildman–Crippen MR) is 79.0 cm³/mol. The van der Waals surface area contributed by atoms with Gasteiger partial charge in [-0.2, -0.15) is 11.8 Å². The summed E-state index contributed by atoms with van der Waals surface area (Å²) < 4.78 is 0. The Morgan fingerprint density at radius 2 is 2.25 bits per heavy atom. The molecule has 2 aliphatic heterocycles. The van der Waals surface area contributed by atoms with E-state index in [1.165, 1.54) is 16.7 Å². The molecule has 4 atom stereocenters. The van der Waals surface area contributed by atoms with Gasteiger partial charge in [0.15, 0.2) is 0 Å². The van der Waals surface area contributed by atoms with Crippen LogP contribution in [0.3, 0.4) is 0 Å². The molecule has 0 aliphatic carbocycles. The Balaban J connectivity index is 2.23. The molecule has 2 heterocycles. The Hall–Kier alpha value is -0.700. The fourth-order valence-electron chi connectivity index (χ4n) is 2.45. The summed E-state index contributed by atoms with van der Waals surface area (Å²) in [6.45, 7) is 1.55. The number of aliphatic hydroxyl groups excluding tert-OH is 1. The highest BCUT2D eigenvalue weighted by atomic mass is 32.2. The number of rotatable bonds is 6. The number of thioether (sulfide) groups is 2. The molecule has 20 heavy (non-hydrogen) atoms. The van der Waals surface area contributed by atoms with Crippen LogP contribution in [0.5, 0.6) is 0 Å². The highest BCUT2D eigenvalue weighted by Gasteiger charge is 2.58. The lowest BCUT2D eigenvalue weighted by molar-refractivity contribution is -0.156. The van der Waals surface area contributed by atoms with E-state index in [2.05, 4.69) is 0 Å². The van der Waals surface area contributed by atoms with Gasteiger partial charge in [0.05, 0.1) is 12.0 Å². The second-order valence-electron chi connectivity index (χ2n) is 4.89. The number of hydrogen-bond acceptors (Lipinski definition) is 6. The van der Waals surface area contributed by atoms with E-state index in [4.69, 9.17) is 5.73 Å². The molecule has 112 valence electrons. The molecule has 0 aromatic heterocycles. The van der Waals surface area contributed by atoms with Crippen molar-refractivity contribution >= 4 is 35.4 Å². The van der Waals surface area contributed by atoms with Gasteiger partial charge in [0.2, 0.25) is 5.91 Å². The lowest BCUT2D eigenvalue weighted by Crippen LogP contribution is -2.60. The molecule has 0 bridgehead atoms. The third-order valence-electron chi connectivity index (χ3n) is 3.50. The van der Waals surface area contributed by atoms with Crippen molar-refractivity contribution < 1.29 is 19.8 Å². The summed E-state index contributed by atoms with van der Waals surface area (Å²) in [5.74, 6) is -1.18. The van der Waals surface area contributed by atoms with Crippen molar-refractivity contribution in [2.75, 3.05) is 12.0 Å². The minimum Gasteiger partial charge on any atom is -0.477 e. The molecule has 1 amide bonds. The smallest absolute Gasteiger partial charge is 0.353 e. The monoisotopic (exact) mass is 318 g/mol. The molecular formula is C12H18N2O4S2. The van der Waals surface area contributed by atoms with Crippen molar-refractivity contribution in [1.29, 1.82) is 0 Å². The highest BCUT2D eigenvalue weighted by Crippen LogP contribution is 2.51. The van der Waals surface area contributed by atoms with Crippen molar-refractivity contribution in [3.63, 3.8) is 0 Å². The number of aliphatic hydroxyl groups is 1. The van der Waals surface area contributed by atoms with Crippen LogP contribution in [-0.2, 0) is 9.59 Å². The van der Waals surface area contributed by atoms with Gasteiger partial charge in [-0.25, -0.2) is 4.79 Å². The van der Waals surface area contributed by atoms with E-state index in [-0.39, 0.29) is 23.0 Å². The van der Waals surface area contributed by atoms with Crippen LogP contribution in [0, 0.1) is 5.92 Å². The Kier molecular flexibility index (Phi) is 4.68. The van der Waals surface area contributed by atoms with Gasteiger partial charge in [-0.1, -0.05) is 11.8 Å². The van der Waals surface area contributed by atoms with Crippen molar-refractivity contribution in [3.8, 4) is 0 Å². The normalized spacial score (nSPS) is 28.2. The first-order chi connectivity index (χ1) is 9.40. The zero-order valence-corrected chi connectivity index (χ0v) is 12.9. The summed E-state index contributed by atoms with van der Waals surface area (Å²) in [5, 5.41) is 18.6. The number of nitrogens with zero attached hydrogens (tertiary/aromatic N) is 1. The molecule has 0 aromatic rings. The van der Waals surface area contributed by atoms with Crippen LogP contribution in [0.15, 0.2) is 10.6 Å². The quantitative estimate of drug-likeness (QED) is 0.604. The minimum atomic E-state index is -1.13. The highest BCUT2D eigenvalue weighted by molar-refractivity contribution is 8.04. The van der Waals surface area contributed by atoms with E-state index in [0.29, 0.717) is 11.3 Å². The molecule has 1 fully saturated rings. The van der Waals surface area contributed by atoms with E-state index < -0.39 is 18.0 Å². The molecule has 2 aliphatic rings. The van der Waals surface area contributed by atoms with Crippen LogP contribution in [0.25, 0.3) is 0 Å². The van der Waals surface area contributed by atoms with Crippen LogP contribution >= 0.6 is 23.5 Å². The van der Waals surface area contributed by atoms with Gasteiger partial charge in [0.1, 0.15) is 11.1 Å². The van der Waals surface area contributed by atoms with E-state index in [1.807, 2.05) is 6.26 Å². The van der Waals surface area contributed by atoms with Crippen LogP contribution in [0.2, 0.25) is 0 Å². The lowest BCUT2D eigenvalue weighted by atomic mass is 9.92. The average molecular weight is 318 g/mol. The Labute approximate surface area is 125 Å². The molecule has 8 heteroatoms. The SMILES string of the molecule is CSCC[C@@H](N)C1=C(C(=O)O)N2C(=O)[C@H](C(C)O)[C@H]2S1. The average Bonchev–Trinajstić information content (AvgIpc) is 2.70. The van der Waals surface area contributed by atoms with E-state index in [0.717, 1.165) is 5.75 Å². The zero-order chi connectivity index (χ0) is 15.0. The van der Waals surface area contributed by atoms with Gasteiger partial charge in [-0.3, -0.25) is 9.69 Å².